The maximum Gasteiger partial charge on any atom is 0.264 e. The Morgan fingerprint density at radius 1 is 1.44 bits per heavy atom. The van der Waals surface area contributed by atoms with Gasteiger partial charge < -0.3 is 0 Å². The maximum atomic E-state index is 13.7. The molecule has 1 fully saturated rings. The minimum absolute atomic E-state index is 0.0952. The zero-order valence-corrected chi connectivity index (χ0v) is 14.2. The van der Waals surface area contributed by atoms with E-state index in [0.717, 1.165) is 12.8 Å². The van der Waals surface area contributed by atoms with Crippen LogP contribution in [0.15, 0.2) is 23.3 Å². The Bertz CT molecular complexity index is 1080. The molecule has 1 N–H and O–H groups in total. The van der Waals surface area contributed by atoms with Crippen LogP contribution in [0.1, 0.15) is 37.8 Å². The van der Waals surface area contributed by atoms with Crippen molar-refractivity contribution in [1.82, 2.24) is 24.3 Å². The Balaban J connectivity index is 2.08. The molecule has 3 aromatic rings. The summed E-state index contributed by atoms with van der Waals surface area (Å²) < 4.78 is 30.9. The normalized spacial score (nSPS) is 14.6. The molecule has 0 unspecified atom stereocenters. The monoisotopic (exact) mass is 363 g/mol. The number of nitrogens with one attached hydrogen (secondary N) is 1. The predicted molar refractivity (Wildman–Crippen MR) is 91.3 cm³/mol. The number of aromatic amines is 1. The lowest BCUT2D eigenvalue weighted by atomic mass is 10.1. The molecule has 3 heterocycles. The highest BCUT2D eigenvalue weighted by Gasteiger charge is 2.28. The summed E-state index contributed by atoms with van der Waals surface area (Å²) in [5.41, 5.74) is 0.231. The van der Waals surface area contributed by atoms with E-state index in [1.807, 2.05) is 6.92 Å². The first-order chi connectivity index (χ1) is 12.0. The molecule has 0 aromatic carbocycles. The van der Waals surface area contributed by atoms with E-state index >= 15 is 0 Å². The standard InChI is InChI=1S/C16H15F2N5OS/c1-2-22-7-8(6-19-22)11-5-10(13(17)18)12-14(20-11)23(9-3-4-9)16(25)21-15(12)24/h5-7,9,13H,2-4H2,1H3,(H,21,24,25). The van der Waals surface area contributed by atoms with Crippen LogP contribution in [0.3, 0.4) is 0 Å². The molecular formula is C16H15F2N5OS. The number of halogens is 2. The van der Waals surface area contributed by atoms with Gasteiger partial charge in [0.15, 0.2) is 4.77 Å². The van der Waals surface area contributed by atoms with Gasteiger partial charge in [-0.15, -0.1) is 0 Å². The molecule has 9 heteroatoms. The fraction of sp³-hybridized carbons (Fsp3) is 0.375. The van der Waals surface area contributed by atoms with Crippen molar-refractivity contribution in [3.8, 4) is 11.3 Å². The van der Waals surface area contributed by atoms with Crippen molar-refractivity contribution in [3.05, 3.63) is 39.1 Å². The molecule has 25 heavy (non-hydrogen) atoms. The van der Waals surface area contributed by atoms with Crippen LogP contribution < -0.4 is 5.56 Å². The van der Waals surface area contributed by atoms with Crippen LogP contribution in [0.25, 0.3) is 22.3 Å². The highest BCUT2D eigenvalue weighted by atomic mass is 32.1. The van der Waals surface area contributed by atoms with Crippen LogP contribution in [0.2, 0.25) is 0 Å². The number of H-pyrrole nitrogens is 1. The molecule has 0 radical (unpaired) electrons. The number of nitrogens with zero attached hydrogens (tertiary/aromatic N) is 4. The van der Waals surface area contributed by atoms with Gasteiger partial charge in [-0.05, 0) is 38.0 Å². The number of pyridine rings is 1. The van der Waals surface area contributed by atoms with Gasteiger partial charge in [0.05, 0.1) is 17.3 Å². The molecule has 0 saturated heterocycles. The Labute approximate surface area is 146 Å². The first kappa shape index (κ1) is 16.1. The van der Waals surface area contributed by atoms with Crippen LogP contribution in [0.4, 0.5) is 8.78 Å². The molecule has 6 nitrogen and oxygen atoms in total. The average Bonchev–Trinajstić information content (AvgIpc) is 3.28. The third-order valence-corrected chi connectivity index (χ3v) is 4.62. The largest absolute Gasteiger partial charge is 0.299 e. The Hall–Kier alpha value is -2.42. The second-order valence-corrected chi connectivity index (χ2v) is 6.43. The predicted octanol–water partition coefficient (Wildman–Crippen LogP) is 3.61. The van der Waals surface area contributed by atoms with Gasteiger partial charge >= 0.3 is 0 Å². The second kappa shape index (κ2) is 5.83. The second-order valence-electron chi connectivity index (χ2n) is 6.04. The van der Waals surface area contributed by atoms with Crippen LogP contribution >= 0.6 is 12.2 Å². The molecule has 0 atom stereocenters. The van der Waals surface area contributed by atoms with Crippen molar-refractivity contribution in [3.63, 3.8) is 0 Å². The van der Waals surface area contributed by atoms with Crippen LogP contribution in [0.5, 0.6) is 0 Å². The van der Waals surface area contributed by atoms with E-state index in [-0.39, 0.29) is 27.4 Å². The fourth-order valence-electron chi connectivity index (χ4n) is 2.93. The van der Waals surface area contributed by atoms with Crippen molar-refractivity contribution < 1.29 is 8.78 Å². The molecule has 0 spiro atoms. The van der Waals surface area contributed by atoms with Crippen molar-refractivity contribution in [2.45, 2.75) is 38.8 Å². The summed E-state index contributed by atoms with van der Waals surface area (Å²) in [6, 6.07) is 1.36. The number of fused-ring (bicyclic) bond motifs is 1. The van der Waals surface area contributed by atoms with E-state index in [1.165, 1.54) is 6.07 Å². The third-order valence-electron chi connectivity index (χ3n) is 4.33. The van der Waals surface area contributed by atoms with Crippen molar-refractivity contribution in [2.75, 3.05) is 0 Å². The molecule has 0 amide bonds. The molecule has 0 bridgehead atoms. The molecule has 4 rings (SSSR count). The van der Waals surface area contributed by atoms with Gasteiger partial charge in [-0.3, -0.25) is 19.0 Å². The average molecular weight is 363 g/mol. The first-order valence-corrected chi connectivity index (χ1v) is 8.41. The zero-order chi connectivity index (χ0) is 17.7. The summed E-state index contributed by atoms with van der Waals surface area (Å²) in [5.74, 6) is 0. The molecule has 1 saturated carbocycles. The Morgan fingerprint density at radius 3 is 2.80 bits per heavy atom. The van der Waals surface area contributed by atoms with Gasteiger partial charge in [-0.2, -0.15) is 5.10 Å². The first-order valence-electron chi connectivity index (χ1n) is 8.00. The van der Waals surface area contributed by atoms with E-state index in [2.05, 4.69) is 15.1 Å². The van der Waals surface area contributed by atoms with Crippen LogP contribution in [-0.2, 0) is 6.54 Å². The highest BCUT2D eigenvalue weighted by molar-refractivity contribution is 7.71. The van der Waals surface area contributed by atoms with Crippen LogP contribution in [-0.4, -0.2) is 24.3 Å². The van der Waals surface area contributed by atoms with Crippen molar-refractivity contribution in [1.29, 1.82) is 0 Å². The van der Waals surface area contributed by atoms with E-state index in [4.69, 9.17) is 12.2 Å². The van der Waals surface area contributed by atoms with E-state index in [0.29, 0.717) is 17.8 Å². The van der Waals surface area contributed by atoms with E-state index in [9.17, 15) is 13.6 Å². The number of aromatic nitrogens is 5. The minimum Gasteiger partial charge on any atom is -0.299 e. The minimum atomic E-state index is -2.80. The van der Waals surface area contributed by atoms with Crippen LogP contribution in [0, 0.1) is 4.77 Å². The third kappa shape index (κ3) is 2.68. The fourth-order valence-corrected chi connectivity index (χ4v) is 3.26. The number of aryl methyl sites for hydroxylation is 1. The molecular weight excluding hydrogens is 348 g/mol. The van der Waals surface area contributed by atoms with Crippen molar-refractivity contribution >= 4 is 23.3 Å². The number of hydrogen-bond donors (Lipinski definition) is 1. The molecule has 1 aliphatic rings. The molecule has 3 aromatic heterocycles. The lowest BCUT2D eigenvalue weighted by molar-refractivity contribution is 0.153. The zero-order valence-electron chi connectivity index (χ0n) is 13.4. The Kier molecular flexibility index (Phi) is 3.75. The smallest absolute Gasteiger partial charge is 0.264 e. The van der Waals surface area contributed by atoms with Gasteiger partial charge in [-0.25, -0.2) is 13.8 Å². The topological polar surface area (TPSA) is 68.5 Å². The maximum absolute atomic E-state index is 13.7. The highest BCUT2D eigenvalue weighted by Crippen LogP contribution is 2.38. The summed E-state index contributed by atoms with van der Waals surface area (Å²) in [7, 11) is 0. The van der Waals surface area contributed by atoms with Gasteiger partial charge in [-0.1, -0.05) is 0 Å². The summed E-state index contributed by atoms with van der Waals surface area (Å²) in [6.45, 7) is 2.59. The lowest BCUT2D eigenvalue weighted by Crippen LogP contribution is -2.17. The van der Waals surface area contributed by atoms with Gasteiger partial charge in [0.1, 0.15) is 5.65 Å². The number of rotatable bonds is 4. The number of alkyl halides is 2. The quantitative estimate of drug-likeness (QED) is 0.719. The molecule has 0 aliphatic heterocycles. The molecule has 130 valence electrons. The SMILES string of the molecule is CCn1cc(-c2cc(C(F)F)c3c(=O)[nH]c(=S)n(C4CC4)c3n2)cn1. The van der Waals surface area contributed by atoms with Gasteiger partial charge in [0.25, 0.3) is 12.0 Å². The summed E-state index contributed by atoms with van der Waals surface area (Å²) in [5, 5.41) is 4.07. The van der Waals surface area contributed by atoms with Gasteiger partial charge in [0, 0.05) is 29.9 Å². The van der Waals surface area contributed by atoms with E-state index in [1.54, 1.807) is 21.6 Å². The van der Waals surface area contributed by atoms with Crippen molar-refractivity contribution in [2.24, 2.45) is 0 Å². The summed E-state index contributed by atoms with van der Waals surface area (Å²) in [6.07, 6.45) is 2.30. The Morgan fingerprint density at radius 2 is 2.20 bits per heavy atom. The van der Waals surface area contributed by atoms with E-state index < -0.39 is 12.0 Å². The summed E-state index contributed by atoms with van der Waals surface area (Å²) in [4.78, 5) is 19.3. The lowest BCUT2D eigenvalue weighted by Gasteiger charge is -2.13. The number of hydrogen-bond acceptors (Lipinski definition) is 4. The van der Waals surface area contributed by atoms with Gasteiger partial charge in [0.2, 0.25) is 0 Å². The summed E-state index contributed by atoms with van der Waals surface area (Å²) >= 11 is 5.24. The molecule has 1 aliphatic carbocycles.